The minimum Gasteiger partial charge on any atom is -0.333 e. The average molecular weight is 222 g/mol. The van der Waals surface area contributed by atoms with Crippen LogP contribution in [0.4, 0.5) is 0 Å². The second-order valence-corrected chi connectivity index (χ2v) is 4.60. The number of nitrogens with zero attached hydrogens (tertiary/aromatic N) is 3. The summed E-state index contributed by atoms with van der Waals surface area (Å²) in [6.07, 6.45) is 5.12. The maximum atomic E-state index is 4.25. The summed E-state index contributed by atoms with van der Waals surface area (Å²) in [4.78, 5) is 6.78. The highest BCUT2D eigenvalue weighted by atomic mass is 15.2. The van der Waals surface area contributed by atoms with E-state index in [4.69, 9.17) is 0 Å². The number of aryl methyl sites for hydroxylation is 1. The molecule has 2 rings (SSSR count). The molecular formula is C12H22N4. The molecule has 1 aliphatic rings. The summed E-state index contributed by atoms with van der Waals surface area (Å²) in [5.74, 6) is 0. The molecule has 0 saturated carbocycles. The van der Waals surface area contributed by atoms with Gasteiger partial charge in [0.1, 0.15) is 0 Å². The highest BCUT2D eigenvalue weighted by molar-refractivity contribution is 4.99. The lowest BCUT2D eigenvalue weighted by Crippen LogP contribution is -2.49. The third kappa shape index (κ3) is 2.62. The summed E-state index contributed by atoms with van der Waals surface area (Å²) >= 11 is 0. The predicted molar refractivity (Wildman–Crippen MR) is 65.3 cm³/mol. The number of piperazine rings is 1. The van der Waals surface area contributed by atoms with Gasteiger partial charge in [-0.25, -0.2) is 4.98 Å². The Hall–Kier alpha value is -0.870. The smallest absolute Gasteiger partial charge is 0.0948 e. The highest BCUT2D eigenvalue weighted by Crippen LogP contribution is 2.10. The Labute approximate surface area is 97.7 Å². The van der Waals surface area contributed by atoms with E-state index < -0.39 is 0 Å². The van der Waals surface area contributed by atoms with E-state index in [0.29, 0.717) is 6.04 Å². The van der Waals surface area contributed by atoms with E-state index in [-0.39, 0.29) is 0 Å². The summed E-state index contributed by atoms with van der Waals surface area (Å²) in [5, 5.41) is 3.42. The third-order valence-corrected chi connectivity index (χ3v) is 3.27. The molecule has 1 atom stereocenters. The van der Waals surface area contributed by atoms with Crippen LogP contribution in [-0.2, 0) is 13.1 Å². The molecule has 1 aromatic heterocycles. The first-order valence-corrected chi connectivity index (χ1v) is 6.25. The standard InChI is InChI=1S/C12H22N4/c1-3-5-16-10-14-8-12(16)9-15-6-4-13-7-11(15)2/h8,10-11,13H,3-7,9H2,1-2H3/t11-/m1/s1. The Balaban J connectivity index is 1.99. The van der Waals surface area contributed by atoms with Gasteiger partial charge in [0, 0.05) is 45.0 Å². The maximum absolute atomic E-state index is 4.25. The van der Waals surface area contributed by atoms with E-state index in [9.17, 15) is 0 Å². The van der Waals surface area contributed by atoms with Crippen molar-refractivity contribution >= 4 is 0 Å². The topological polar surface area (TPSA) is 33.1 Å². The Morgan fingerprint density at radius 3 is 3.19 bits per heavy atom. The first-order chi connectivity index (χ1) is 7.81. The molecule has 0 unspecified atom stereocenters. The van der Waals surface area contributed by atoms with Gasteiger partial charge in [0.05, 0.1) is 12.0 Å². The fraction of sp³-hybridized carbons (Fsp3) is 0.750. The molecule has 4 nitrogen and oxygen atoms in total. The lowest BCUT2D eigenvalue weighted by molar-refractivity contribution is 0.162. The zero-order chi connectivity index (χ0) is 11.4. The molecule has 4 heteroatoms. The van der Waals surface area contributed by atoms with Crippen LogP contribution in [0.5, 0.6) is 0 Å². The maximum Gasteiger partial charge on any atom is 0.0948 e. The van der Waals surface area contributed by atoms with Crippen LogP contribution in [0.25, 0.3) is 0 Å². The van der Waals surface area contributed by atoms with Crippen LogP contribution in [0.1, 0.15) is 26.0 Å². The minimum absolute atomic E-state index is 0.624. The van der Waals surface area contributed by atoms with E-state index >= 15 is 0 Å². The Morgan fingerprint density at radius 1 is 1.56 bits per heavy atom. The number of rotatable bonds is 4. The van der Waals surface area contributed by atoms with Crippen molar-refractivity contribution in [2.24, 2.45) is 0 Å². The molecule has 0 amide bonds. The molecule has 90 valence electrons. The van der Waals surface area contributed by atoms with E-state index in [0.717, 1.165) is 32.7 Å². The van der Waals surface area contributed by atoms with Gasteiger partial charge in [-0.2, -0.15) is 0 Å². The quantitative estimate of drug-likeness (QED) is 0.828. The number of aromatic nitrogens is 2. The van der Waals surface area contributed by atoms with E-state index in [1.165, 1.54) is 12.1 Å². The molecule has 0 spiro atoms. The van der Waals surface area contributed by atoms with Crippen molar-refractivity contribution in [2.45, 2.75) is 39.4 Å². The van der Waals surface area contributed by atoms with Crippen molar-refractivity contribution in [2.75, 3.05) is 19.6 Å². The van der Waals surface area contributed by atoms with Gasteiger partial charge in [0.15, 0.2) is 0 Å². The zero-order valence-electron chi connectivity index (χ0n) is 10.3. The van der Waals surface area contributed by atoms with Crippen LogP contribution < -0.4 is 5.32 Å². The van der Waals surface area contributed by atoms with Gasteiger partial charge < -0.3 is 9.88 Å². The van der Waals surface area contributed by atoms with Crippen LogP contribution in [0.2, 0.25) is 0 Å². The molecule has 2 heterocycles. The Bertz CT molecular complexity index is 321. The SMILES string of the molecule is CCCn1cncc1CN1CCNC[C@H]1C. The molecule has 1 aromatic rings. The Kier molecular flexibility index (Phi) is 3.96. The van der Waals surface area contributed by atoms with Crippen molar-refractivity contribution in [1.82, 2.24) is 19.8 Å². The number of hydrogen-bond donors (Lipinski definition) is 1. The summed E-state index contributed by atoms with van der Waals surface area (Å²) < 4.78 is 2.27. The Morgan fingerprint density at radius 2 is 2.44 bits per heavy atom. The molecule has 1 aliphatic heterocycles. The number of hydrogen-bond acceptors (Lipinski definition) is 3. The lowest BCUT2D eigenvalue weighted by Gasteiger charge is -2.33. The largest absolute Gasteiger partial charge is 0.333 e. The molecule has 1 fully saturated rings. The van der Waals surface area contributed by atoms with Crippen LogP contribution >= 0.6 is 0 Å². The average Bonchev–Trinajstić information content (AvgIpc) is 2.70. The fourth-order valence-electron chi connectivity index (χ4n) is 2.25. The van der Waals surface area contributed by atoms with Crippen molar-refractivity contribution in [3.05, 3.63) is 18.2 Å². The summed E-state index contributed by atoms with van der Waals surface area (Å²) in [6.45, 7) is 9.94. The zero-order valence-corrected chi connectivity index (χ0v) is 10.3. The number of nitrogens with one attached hydrogen (secondary N) is 1. The summed E-state index contributed by atoms with van der Waals surface area (Å²) in [7, 11) is 0. The highest BCUT2D eigenvalue weighted by Gasteiger charge is 2.18. The molecule has 16 heavy (non-hydrogen) atoms. The van der Waals surface area contributed by atoms with E-state index in [1.54, 1.807) is 0 Å². The van der Waals surface area contributed by atoms with Crippen molar-refractivity contribution < 1.29 is 0 Å². The molecule has 0 bridgehead atoms. The van der Waals surface area contributed by atoms with Crippen molar-refractivity contribution in [1.29, 1.82) is 0 Å². The fourth-order valence-corrected chi connectivity index (χ4v) is 2.25. The monoisotopic (exact) mass is 222 g/mol. The van der Waals surface area contributed by atoms with Crippen LogP contribution in [-0.4, -0.2) is 40.1 Å². The number of imidazole rings is 1. The summed E-state index contributed by atoms with van der Waals surface area (Å²) in [5.41, 5.74) is 1.34. The molecule has 1 N–H and O–H groups in total. The van der Waals surface area contributed by atoms with Crippen LogP contribution in [0, 0.1) is 0 Å². The van der Waals surface area contributed by atoms with Gasteiger partial charge in [0.2, 0.25) is 0 Å². The van der Waals surface area contributed by atoms with Gasteiger partial charge in [-0.05, 0) is 13.3 Å². The molecular weight excluding hydrogens is 200 g/mol. The predicted octanol–water partition coefficient (Wildman–Crippen LogP) is 1.09. The molecule has 1 saturated heterocycles. The second kappa shape index (κ2) is 5.46. The molecule has 0 radical (unpaired) electrons. The second-order valence-electron chi connectivity index (χ2n) is 4.60. The third-order valence-electron chi connectivity index (χ3n) is 3.27. The van der Waals surface area contributed by atoms with Gasteiger partial charge in [-0.1, -0.05) is 6.92 Å². The molecule has 0 aliphatic carbocycles. The first-order valence-electron chi connectivity index (χ1n) is 6.25. The minimum atomic E-state index is 0.624. The summed E-state index contributed by atoms with van der Waals surface area (Å²) in [6, 6.07) is 0.624. The normalized spacial score (nSPS) is 22.5. The van der Waals surface area contributed by atoms with Crippen molar-refractivity contribution in [3.63, 3.8) is 0 Å². The van der Waals surface area contributed by atoms with Crippen LogP contribution in [0.15, 0.2) is 12.5 Å². The van der Waals surface area contributed by atoms with E-state index in [2.05, 4.69) is 33.6 Å². The van der Waals surface area contributed by atoms with Crippen molar-refractivity contribution in [3.8, 4) is 0 Å². The van der Waals surface area contributed by atoms with Gasteiger partial charge in [0.25, 0.3) is 0 Å². The molecule has 0 aromatic carbocycles. The first kappa shape index (κ1) is 11.6. The van der Waals surface area contributed by atoms with Crippen LogP contribution in [0.3, 0.4) is 0 Å². The van der Waals surface area contributed by atoms with E-state index in [1.807, 2.05) is 12.5 Å². The van der Waals surface area contributed by atoms with Gasteiger partial charge in [-0.15, -0.1) is 0 Å². The lowest BCUT2D eigenvalue weighted by atomic mass is 10.2. The van der Waals surface area contributed by atoms with Gasteiger partial charge >= 0.3 is 0 Å². The van der Waals surface area contributed by atoms with Gasteiger partial charge in [-0.3, -0.25) is 4.90 Å².